The Morgan fingerprint density at radius 1 is 0.865 bits per heavy atom. The predicted octanol–water partition coefficient (Wildman–Crippen LogP) is 7.90. The summed E-state index contributed by atoms with van der Waals surface area (Å²) in [6, 6.07) is 28.0. The van der Waals surface area contributed by atoms with Crippen LogP contribution in [0.1, 0.15) is 62.2 Å². The molecule has 0 spiro atoms. The van der Waals surface area contributed by atoms with Crippen molar-refractivity contribution in [3.63, 3.8) is 0 Å². The normalized spacial score (nSPS) is 19.4. The fraction of sp³-hybridized carbons (Fsp3) is 0.381. The quantitative estimate of drug-likeness (QED) is 0.107. The first-order valence-corrected chi connectivity index (χ1v) is 20.0. The van der Waals surface area contributed by atoms with E-state index in [1.54, 1.807) is 4.90 Å². The maximum Gasteiger partial charge on any atom is 0.282 e. The van der Waals surface area contributed by atoms with Crippen LogP contribution in [0.5, 0.6) is 0 Å². The number of hydrogen-bond acceptors (Lipinski definition) is 4. The summed E-state index contributed by atoms with van der Waals surface area (Å²) in [6.07, 6.45) is -0.0595. The molecule has 10 heteroatoms. The Hall–Kier alpha value is -3.80. The zero-order valence-corrected chi connectivity index (χ0v) is 31.4. The number of ether oxygens (including phenoxy) is 1. The Bertz CT molecular complexity index is 1950. The van der Waals surface area contributed by atoms with Crippen molar-refractivity contribution in [3.8, 4) is 0 Å². The van der Waals surface area contributed by atoms with Crippen molar-refractivity contribution < 1.29 is 26.7 Å². The molecule has 1 unspecified atom stereocenters. The number of benzene rings is 4. The summed E-state index contributed by atoms with van der Waals surface area (Å²) in [5, 5.41) is 5.39. The number of hydrogen-bond donors (Lipinski definition) is 2. The molecule has 0 amide bonds. The Morgan fingerprint density at radius 3 is 1.98 bits per heavy atom. The second-order valence-electron chi connectivity index (χ2n) is 15.5. The number of aromatic nitrogens is 1. The van der Waals surface area contributed by atoms with Crippen LogP contribution in [0.2, 0.25) is 5.04 Å². The fourth-order valence-electron chi connectivity index (χ4n) is 8.51. The van der Waals surface area contributed by atoms with Crippen LogP contribution in [0, 0.1) is 17.6 Å². The Labute approximate surface area is 304 Å². The number of nitrogens with zero attached hydrogens (tertiary/aromatic N) is 1. The molecule has 1 saturated heterocycles. The highest BCUT2D eigenvalue weighted by Crippen LogP contribution is 2.45. The molecule has 0 radical (unpaired) electrons. The summed E-state index contributed by atoms with van der Waals surface area (Å²) in [6.45, 7) is 7.73. The first-order valence-electron chi connectivity index (χ1n) is 18.0. The first kappa shape index (κ1) is 36.6. The lowest BCUT2D eigenvalue weighted by molar-refractivity contribution is -0.0825. The van der Waals surface area contributed by atoms with Crippen LogP contribution in [0.15, 0.2) is 97.1 Å². The average Bonchev–Trinajstić information content (AvgIpc) is 3.45. The van der Waals surface area contributed by atoms with E-state index in [1.165, 1.54) is 19.2 Å². The van der Waals surface area contributed by atoms with Crippen molar-refractivity contribution in [1.29, 1.82) is 0 Å². The minimum absolute atomic E-state index is 0.0791. The van der Waals surface area contributed by atoms with Gasteiger partial charge in [-0.25, -0.2) is 17.6 Å². The highest BCUT2D eigenvalue weighted by molar-refractivity contribution is 6.99. The van der Waals surface area contributed by atoms with Crippen LogP contribution >= 0.6 is 0 Å². The van der Waals surface area contributed by atoms with Gasteiger partial charge in [0, 0.05) is 54.3 Å². The van der Waals surface area contributed by atoms with Gasteiger partial charge in [-0.2, -0.15) is 0 Å². The minimum Gasteiger partial charge on any atom is -0.401 e. The average molecular weight is 730 g/mol. The Kier molecular flexibility index (Phi) is 9.99. The van der Waals surface area contributed by atoms with Crippen LogP contribution in [0.25, 0.3) is 10.9 Å². The predicted molar refractivity (Wildman–Crippen MR) is 201 cm³/mol. The Balaban J connectivity index is 1.28. The topological polar surface area (TPSA) is 49.5 Å². The largest absolute Gasteiger partial charge is 0.401 e. The number of halogens is 4. The van der Waals surface area contributed by atoms with Gasteiger partial charge in [0.15, 0.2) is 0 Å². The number of fused-ring (bicyclic) bond motifs is 3. The molecule has 274 valence electrons. The first-order chi connectivity index (χ1) is 24.8. The molecule has 7 rings (SSSR count). The van der Waals surface area contributed by atoms with E-state index < -0.39 is 62.3 Å². The SMILES string of the molecule is COC(c1cc(F)c([C@@H]2c3[nH]c4ccccc4c3C[C@@H](C)N2CC(F)(F)CO[Si](c2ccccc2)(c2ccccc2)C(C)(C)C)c(F)c1)C1CNC1. The summed E-state index contributed by atoms with van der Waals surface area (Å²) in [5.74, 6) is -4.88. The summed E-state index contributed by atoms with van der Waals surface area (Å²) in [4.78, 5) is 4.94. The minimum atomic E-state index is -3.38. The summed E-state index contributed by atoms with van der Waals surface area (Å²) in [7, 11) is -1.76. The van der Waals surface area contributed by atoms with Gasteiger partial charge in [-0.1, -0.05) is 99.6 Å². The van der Waals surface area contributed by atoms with Gasteiger partial charge in [0.1, 0.15) is 11.6 Å². The van der Waals surface area contributed by atoms with Gasteiger partial charge in [-0.15, -0.1) is 0 Å². The molecule has 1 fully saturated rings. The number of H-pyrrole nitrogens is 1. The highest BCUT2D eigenvalue weighted by Gasteiger charge is 2.53. The zero-order valence-electron chi connectivity index (χ0n) is 30.4. The smallest absolute Gasteiger partial charge is 0.282 e. The maximum atomic E-state index is 16.8. The van der Waals surface area contributed by atoms with Crippen molar-refractivity contribution in [2.24, 2.45) is 5.92 Å². The molecule has 52 heavy (non-hydrogen) atoms. The second-order valence-corrected chi connectivity index (χ2v) is 19.8. The summed E-state index contributed by atoms with van der Waals surface area (Å²) in [5.41, 5.74) is 2.34. The van der Waals surface area contributed by atoms with Gasteiger partial charge in [-0.05, 0) is 58.1 Å². The number of alkyl halides is 2. The molecule has 3 atom stereocenters. The molecule has 5 nitrogen and oxygen atoms in total. The van der Waals surface area contributed by atoms with Crippen LogP contribution in [-0.2, 0) is 15.6 Å². The molecule has 0 bridgehead atoms. The second kappa shape index (κ2) is 14.2. The number of methoxy groups -OCH3 is 1. The van der Waals surface area contributed by atoms with Gasteiger partial charge in [0.25, 0.3) is 14.2 Å². The van der Waals surface area contributed by atoms with E-state index in [1.807, 2.05) is 113 Å². The van der Waals surface area contributed by atoms with Crippen molar-refractivity contribution in [2.45, 2.75) is 63.3 Å². The number of nitrogens with one attached hydrogen (secondary N) is 2. The molecule has 2 aliphatic rings. The molecule has 0 aliphatic carbocycles. The lowest BCUT2D eigenvalue weighted by atomic mass is 9.85. The third kappa shape index (κ3) is 6.53. The van der Waals surface area contributed by atoms with Gasteiger partial charge < -0.3 is 19.5 Å². The summed E-state index contributed by atoms with van der Waals surface area (Å²) < 4.78 is 79.0. The monoisotopic (exact) mass is 729 g/mol. The number of para-hydroxylation sites is 1. The van der Waals surface area contributed by atoms with Gasteiger partial charge in [-0.3, -0.25) is 4.90 Å². The molecular formula is C42H47F4N3O2Si. The van der Waals surface area contributed by atoms with Crippen LogP contribution in [0.3, 0.4) is 0 Å². The lowest BCUT2D eigenvalue weighted by Gasteiger charge is -2.45. The van der Waals surface area contributed by atoms with E-state index in [-0.39, 0.29) is 11.5 Å². The van der Waals surface area contributed by atoms with E-state index in [9.17, 15) is 0 Å². The highest BCUT2D eigenvalue weighted by atomic mass is 28.4. The lowest BCUT2D eigenvalue weighted by Crippen LogP contribution is -2.67. The van der Waals surface area contributed by atoms with Crippen molar-refractivity contribution in [1.82, 2.24) is 15.2 Å². The van der Waals surface area contributed by atoms with Crippen LogP contribution in [0.4, 0.5) is 17.6 Å². The van der Waals surface area contributed by atoms with Gasteiger partial charge >= 0.3 is 0 Å². The van der Waals surface area contributed by atoms with Crippen molar-refractivity contribution in [3.05, 3.63) is 131 Å². The fourth-order valence-corrected chi connectivity index (χ4v) is 13.1. The zero-order chi connectivity index (χ0) is 36.8. The van der Waals surface area contributed by atoms with Gasteiger partial charge in [0.05, 0.1) is 25.3 Å². The van der Waals surface area contributed by atoms with E-state index in [0.29, 0.717) is 30.8 Å². The number of rotatable bonds is 11. The molecule has 2 aliphatic heterocycles. The van der Waals surface area contributed by atoms with Crippen molar-refractivity contribution >= 4 is 29.6 Å². The van der Waals surface area contributed by atoms with Crippen molar-refractivity contribution in [2.75, 3.05) is 33.4 Å². The van der Waals surface area contributed by atoms with E-state index in [0.717, 1.165) is 26.8 Å². The molecule has 3 heterocycles. The van der Waals surface area contributed by atoms with E-state index in [4.69, 9.17) is 9.16 Å². The Morgan fingerprint density at radius 2 is 1.44 bits per heavy atom. The van der Waals surface area contributed by atoms with Crippen LogP contribution in [-0.4, -0.2) is 63.5 Å². The maximum absolute atomic E-state index is 16.8. The molecule has 2 N–H and O–H groups in total. The van der Waals surface area contributed by atoms with Crippen LogP contribution < -0.4 is 15.7 Å². The molecule has 0 saturated carbocycles. The molecule has 5 aromatic rings. The molecule has 4 aromatic carbocycles. The molecular weight excluding hydrogens is 683 g/mol. The third-order valence-electron chi connectivity index (χ3n) is 11.0. The summed E-state index contributed by atoms with van der Waals surface area (Å²) >= 11 is 0. The third-order valence-corrected chi connectivity index (χ3v) is 16.0. The van der Waals surface area contributed by atoms with Gasteiger partial charge in [0.2, 0.25) is 0 Å². The molecule has 1 aromatic heterocycles. The van der Waals surface area contributed by atoms with E-state index in [2.05, 4.69) is 10.3 Å². The number of aromatic amines is 1. The standard InChI is InChI=1S/C42H47F4N3O2Si/c1-27-20-33-32-18-12-13-19-36(32)48-38(33)39(37-34(43)21-28(22-35(37)44)40(50-5)29-23-47-24-29)49(27)25-42(45,46)26-51-52(41(2,3)4,30-14-8-6-9-15-30)31-16-10-7-11-17-31/h6-19,21-22,27,29,39-40,47-48H,20,23-26H2,1-5H3/t27-,39-,40?/m1/s1. The van der Waals surface area contributed by atoms with E-state index >= 15 is 17.6 Å².